The molecule has 3 rings (SSSR count). The summed E-state index contributed by atoms with van der Waals surface area (Å²) in [6.07, 6.45) is 1.67. The molecule has 0 spiro atoms. The summed E-state index contributed by atoms with van der Waals surface area (Å²) in [5, 5.41) is 0.134. The molecule has 1 aromatic heterocycles. The van der Waals surface area contributed by atoms with Crippen molar-refractivity contribution in [1.29, 1.82) is 0 Å². The number of aromatic nitrogens is 1. The van der Waals surface area contributed by atoms with E-state index in [2.05, 4.69) is 0 Å². The summed E-state index contributed by atoms with van der Waals surface area (Å²) in [4.78, 5) is 37.5. The molecule has 0 N–H and O–H groups in total. The molecule has 0 unspecified atom stereocenters. The Morgan fingerprint density at radius 2 is 1.96 bits per heavy atom. The summed E-state index contributed by atoms with van der Waals surface area (Å²) in [5.74, 6) is -1.10. The molecule has 0 aliphatic carbocycles. The third kappa shape index (κ3) is 3.86. The number of aryl methyl sites for hydroxylation is 1. The summed E-state index contributed by atoms with van der Waals surface area (Å²) in [7, 11) is 0. The summed E-state index contributed by atoms with van der Waals surface area (Å²) >= 11 is 7.14. The number of hydrogen-bond acceptors (Lipinski definition) is 5. The highest BCUT2D eigenvalue weighted by Crippen LogP contribution is 2.34. The molecule has 146 valence electrons. The topological polar surface area (TPSA) is 68.6 Å². The maximum absolute atomic E-state index is 12.6. The summed E-state index contributed by atoms with van der Waals surface area (Å²) in [5.41, 5.74) is 3.48. The van der Waals surface area contributed by atoms with Gasteiger partial charge in [0.25, 0.3) is 11.1 Å². The van der Waals surface area contributed by atoms with Crippen molar-refractivity contribution in [3.05, 3.63) is 57.2 Å². The molecule has 2 heterocycles. The Hall–Kier alpha value is -2.51. The Balaban J connectivity index is 1.92. The standard InChI is InChI=1S/C20H19ClN2O4S/c1-4-27-18(24)11-22-19(25)17(28-20(22)26)10-14-9-12(2)23(13(14)3)16-8-6-5-7-15(16)21/h5-10H,4,11H2,1-3H3/b17-10+. The molecular weight excluding hydrogens is 400 g/mol. The van der Waals surface area contributed by atoms with Crippen LogP contribution in [-0.2, 0) is 14.3 Å². The van der Waals surface area contributed by atoms with Gasteiger partial charge in [-0.05, 0) is 62.4 Å². The first-order chi connectivity index (χ1) is 13.3. The van der Waals surface area contributed by atoms with E-state index < -0.39 is 17.1 Å². The molecule has 0 radical (unpaired) electrons. The number of ether oxygens (including phenoxy) is 1. The Kier molecular flexibility index (Phi) is 5.96. The third-order valence-electron chi connectivity index (χ3n) is 4.32. The minimum Gasteiger partial charge on any atom is -0.465 e. The largest absolute Gasteiger partial charge is 0.465 e. The SMILES string of the molecule is CCOC(=O)CN1C(=O)S/C(=C/c2cc(C)n(-c3ccccc3Cl)c2C)C1=O. The van der Waals surface area contributed by atoms with E-state index in [1.54, 1.807) is 13.0 Å². The number of benzene rings is 1. The third-order valence-corrected chi connectivity index (χ3v) is 5.54. The first kappa shape index (κ1) is 20.2. The van der Waals surface area contributed by atoms with Crippen molar-refractivity contribution in [2.24, 2.45) is 0 Å². The van der Waals surface area contributed by atoms with Crippen LogP contribution in [0.3, 0.4) is 0 Å². The average molecular weight is 419 g/mol. The van der Waals surface area contributed by atoms with Crippen LogP contribution in [0.5, 0.6) is 0 Å². The molecule has 1 aromatic carbocycles. The zero-order valence-corrected chi connectivity index (χ0v) is 17.3. The minimum atomic E-state index is -0.608. The molecule has 1 aliphatic rings. The lowest BCUT2D eigenvalue weighted by Gasteiger charge is -2.11. The van der Waals surface area contributed by atoms with Crippen LogP contribution in [-0.4, -0.2) is 39.7 Å². The first-order valence-corrected chi connectivity index (χ1v) is 9.87. The number of rotatable bonds is 5. The fourth-order valence-corrected chi connectivity index (χ4v) is 4.10. The van der Waals surface area contributed by atoms with Crippen molar-refractivity contribution in [2.75, 3.05) is 13.2 Å². The van der Waals surface area contributed by atoms with Crippen LogP contribution in [0, 0.1) is 13.8 Å². The predicted molar refractivity (Wildman–Crippen MR) is 110 cm³/mol. The highest BCUT2D eigenvalue weighted by atomic mass is 35.5. The molecular formula is C20H19ClN2O4S. The number of halogens is 1. The van der Waals surface area contributed by atoms with Gasteiger partial charge in [-0.2, -0.15) is 0 Å². The van der Waals surface area contributed by atoms with Crippen molar-refractivity contribution in [1.82, 2.24) is 9.47 Å². The zero-order valence-electron chi connectivity index (χ0n) is 15.7. The zero-order chi connectivity index (χ0) is 20.4. The number of amides is 2. The van der Waals surface area contributed by atoms with Gasteiger partial charge in [0.15, 0.2) is 0 Å². The van der Waals surface area contributed by atoms with Gasteiger partial charge >= 0.3 is 5.97 Å². The van der Waals surface area contributed by atoms with Gasteiger partial charge in [-0.1, -0.05) is 23.7 Å². The quantitative estimate of drug-likeness (QED) is 0.533. The lowest BCUT2D eigenvalue weighted by Crippen LogP contribution is -2.34. The molecule has 1 fully saturated rings. The van der Waals surface area contributed by atoms with Crippen molar-refractivity contribution in [3.8, 4) is 5.69 Å². The number of nitrogens with zero attached hydrogens (tertiary/aromatic N) is 2. The van der Waals surface area contributed by atoms with E-state index in [1.165, 1.54) is 0 Å². The Morgan fingerprint density at radius 1 is 1.25 bits per heavy atom. The van der Waals surface area contributed by atoms with Crippen molar-refractivity contribution < 1.29 is 19.1 Å². The number of para-hydroxylation sites is 1. The van der Waals surface area contributed by atoms with E-state index in [0.717, 1.165) is 39.3 Å². The number of imide groups is 1. The molecule has 28 heavy (non-hydrogen) atoms. The van der Waals surface area contributed by atoms with Gasteiger partial charge in [0, 0.05) is 11.4 Å². The van der Waals surface area contributed by atoms with E-state index in [9.17, 15) is 14.4 Å². The highest BCUT2D eigenvalue weighted by Gasteiger charge is 2.36. The fraction of sp³-hybridized carbons (Fsp3) is 0.250. The molecule has 0 saturated carbocycles. The van der Waals surface area contributed by atoms with Crippen LogP contribution in [0.25, 0.3) is 11.8 Å². The second kappa shape index (κ2) is 8.24. The normalized spacial score (nSPS) is 15.6. The smallest absolute Gasteiger partial charge is 0.326 e. The molecule has 0 atom stereocenters. The highest BCUT2D eigenvalue weighted by molar-refractivity contribution is 8.18. The molecule has 0 bridgehead atoms. The molecule has 8 heteroatoms. The van der Waals surface area contributed by atoms with E-state index in [4.69, 9.17) is 16.3 Å². The van der Waals surface area contributed by atoms with E-state index >= 15 is 0 Å². The van der Waals surface area contributed by atoms with Crippen molar-refractivity contribution in [2.45, 2.75) is 20.8 Å². The number of hydrogen-bond donors (Lipinski definition) is 0. The molecule has 6 nitrogen and oxygen atoms in total. The van der Waals surface area contributed by atoms with Crippen LogP contribution < -0.4 is 0 Å². The lowest BCUT2D eigenvalue weighted by molar-refractivity contribution is -0.145. The second-order valence-corrected chi connectivity index (χ2v) is 7.59. The second-order valence-electron chi connectivity index (χ2n) is 6.19. The van der Waals surface area contributed by atoms with E-state index in [0.29, 0.717) is 5.02 Å². The van der Waals surface area contributed by atoms with E-state index in [1.807, 2.05) is 48.7 Å². The molecule has 1 aliphatic heterocycles. The number of carbonyl (C=O) groups is 3. The summed E-state index contributed by atoms with van der Waals surface area (Å²) in [6.45, 7) is 5.35. The first-order valence-electron chi connectivity index (χ1n) is 8.68. The van der Waals surface area contributed by atoms with Gasteiger partial charge in [-0.25, -0.2) is 0 Å². The number of thioether (sulfide) groups is 1. The average Bonchev–Trinajstić information content (AvgIpc) is 3.06. The lowest BCUT2D eigenvalue weighted by atomic mass is 10.2. The van der Waals surface area contributed by atoms with Crippen molar-refractivity contribution >= 4 is 46.6 Å². The van der Waals surface area contributed by atoms with Gasteiger partial charge in [-0.15, -0.1) is 0 Å². The van der Waals surface area contributed by atoms with Crippen LogP contribution >= 0.6 is 23.4 Å². The van der Waals surface area contributed by atoms with Crippen LogP contribution in [0.4, 0.5) is 4.79 Å². The summed E-state index contributed by atoms with van der Waals surface area (Å²) < 4.78 is 6.82. The molecule has 1 saturated heterocycles. The maximum atomic E-state index is 12.6. The van der Waals surface area contributed by atoms with Gasteiger partial charge in [0.1, 0.15) is 6.54 Å². The predicted octanol–water partition coefficient (Wildman–Crippen LogP) is 4.35. The van der Waals surface area contributed by atoms with Crippen LogP contribution in [0.15, 0.2) is 35.2 Å². The van der Waals surface area contributed by atoms with E-state index in [-0.39, 0.29) is 18.1 Å². The minimum absolute atomic E-state index is 0.193. The molecule has 2 amide bonds. The number of esters is 1. The Bertz CT molecular complexity index is 996. The van der Waals surface area contributed by atoms with Crippen LogP contribution in [0.2, 0.25) is 5.02 Å². The van der Waals surface area contributed by atoms with Gasteiger partial charge in [0.2, 0.25) is 0 Å². The fourth-order valence-electron chi connectivity index (χ4n) is 3.05. The van der Waals surface area contributed by atoms with Crippen molar-refractivity contribution in [3.63, 3.8) is 0 Å². The Labute approximate surface area is 172 Å². The van der Waals surface area contributed by atoms with Gasteiger partial charge < -0.3 is 9.30 Å². The maximum Gasteiger partial charge on any atom is 0.326 e. The van der Waals surface area contributed by atoms with Gasteiger partial charge in [-0.3, -0.25) is 19.3 Å². The molecule has 2 aromatic rings. The Morgan fingerprint density at radius 3 is 2.64 bits per heavy atom. The number of carbonyl (C=O) groups excluding carboxylic acids is 3. The monoisotopic (exact) mass is 418 g/mol. The van der Waals surface area contributed by atoms with Gasteiger partial charge in [0.05, 0.1) is 22.2 Å². The summed E-state index contributed by atoms with van der Waals surface area (Å²) in [6, 6.07) is 9.43. The van der Waals surface area contributed by atoms with Crippen LogP contribution in [0.1, 0.15) is 23.9 Å².